The third-order valence-electron chi connectivity index (χ3n) is 2.93. The van der Waals surface area contributed by atoms with Crippen molar-refractivity contribution in [2.75, 3.05) is 11.9 Å². The van der Waals surface area contributed by atoms with E-state index in [0.717, 1.165) is 30.6 Å². The number of nitrogens with one attached hydrogen (secondary N) is 2. The molecule has 0 aliphatic rings. The predicted molar refractivity (Wildman–Crippen MR) is 81.6 cm³/mol. The molecule has 106 valence electrons. The molecule has 0 heterocycles. The van der Waals surface area contributed by atoms with Crippen LogP contribution in [0.25, 0.3) is 0 Å². The summed E-state index contributed by atoms with van der Waals surface area (Å²) in [5.41, 5.74) is 1.78. The first-order valence-corrected chi connectivity index (χ1v) is 7.17. The van der Waals surface area contributed by atoms with E-state index >= 15 is 0 Å². The van der Waals surface area contributed by atoms with E-state index in [1.54, 1.807) is 0 Å². The van der Waals surface area contributed by atoms with Crippen molar-refractivity contribution in [1.29, 1.82) is 0 Å². The molecule has 0 aliphatic carbocycles. The second kappa shape index (κ2) is 7.82. The van der Waals surface area contributed by atoms with Crippen LogP contribution < -0.4 is 10.6 Å². The molecule has 0 saturated carbocycles. The number of carbonyl (C=O) groups is 1. The molecule has 3 heteroatoms. The Kier molecular flexibility index (Phi) is 6.40. The van der Waals surface area contributed by atoms with Crippen molar-refractivity contribution in [2.45, 2.75) is 46.6 Å². The quantitative estimate of drug-likeness (QED) is 0.787. The molecule has 0 bridgehead atoms. The second-order valence-electron chi connectivity index (χ2n) is 5.51. The molecular formula is C16H26N2O. The van der Waals surface area contributed by atoms with E-state index in [0.29, 0.717) is 5.92 Å². The topological polar surface area (TPSA) is 41.1 Å². The van der Waals surface area contributed by atoms with Crippen molar-refractivity contribution in [3.63, 3.8) is 0 Å². The van der Waals surface area contributed by atoms with Crippen LogP contribution in [-0.4, -0.2) is 18.5 Å². The maximum Gasteiger partial charge on any atom is 0.251 e. The number of benzene rings is 1. The molecule has 0 spiro atoms. The fourth-order valence-electron chi connectivity index (χ4n) is 2.08. The third kappa shape index (κ3) is 5.77. The minimum absolute atomic E-state index is 0.00944. The fourth-order valence-corrected chi connectivity index (χ4v) is 2.08. The Morgan fingerprint density at radius 1 is 1.16 bits per heavy atom. The van der Waals surface area contributed by atoms with E-state index in [9.17, 15) is 4.79 Å². The molecule has 1 rings (SSSR count). The monoisotopic (exact) mass is 262 g/mol. The van der Waals surface area contributed by atoms with Gasteiger partial charge in [0, 0.05) is 23.8 Å². The lowest BCUT2D eigenvalue weighted by atomic mass is 10.0. The molecule has 1 amide bonds. The zero-order valence-electron chi connectivity index (χ0n) is 12.5. The molecule has 1 unspecified atom stereocenters. The standard InChI is InChI=1S/C16H26N2O/c1-5-10-17-15-8-6-14(7-9-15)16(19)18-13(4)11-12(2)3/h6-9,12-13,17H,5,10-11H2,1-4H3,(H,18,19). The SMILES string of the molecule is CCCNc1ccc(C(=O)NC(C)CC(C)C)cc1. The Labute approximate surface area is 116 Å². The highest BCUT2D eigenvalue weighted by Gasteiger charge is 2.10. The van der Waals surface area contributed by atoms with E-state index in [-0.39, 0.29) is 11.9 Å². The number of rotatable bonds is 7. The number of hydrogen-bond donors (Lipinski definition) is 2. The first-order chi connectivity index (χ1) is 9.02. The van der Waals surface area contributed by atoms with Gasteiger partial charge in [0.2, 0.25) is 0 Å². The van der Waals surface area contributed by atoms with Crippen LogP contribution in [0.15, 0.2) is 24.3 Å². The smallest absolute Gasteiger partial charge is 0.251 e. The van der Waals surface area contributed by atoms with Gasteiger partial charge in [0.25, 0.3) is 5.91 Å². The van der Waals surface area contributed by atoms with Gasteiger partial charge in [-0.3, -0.25) is 4.79 Å². The van der Waals surface area contributed by atoms with Crippen molar-refractivity contribution in [1.82, 2.24) is 5.32 Å². The minimum atomic E-state index is 0.00944. The first kappa shape index (κ1) is 15.5. The van der Waals surface area contributed by atoms with E-state index in [1.165, 1.54) is 0 Å². The molecule has 0 fully saturated rings. The highest BCUT2D eigenvalue weighted by Crippen LogP contribution is 2.10. The third-order valence-corrected chi connectivity index (χ3v) is 2.93. The van der Waals surface area contributed by atoms with Gasteiger partial charge in [-0.2, -0.15) is 0 Å². The lowest BCUT2D eigenvalue weighted by molar-refractivity contribution is 0.0936. The van der Waals surface area contributed by atoms with Crippen LogP contribution in [0.1, 0.15) is 50.9 Å². The second-order valence-corrected chi connectivity index (χ2v) is 5.51. The lowest BCUT2D eigenvalue weighted by Gasteiger charge is -2.16. The zero-order chi connectivity index (χ0) is 14.3. The van der Waals surface area contributed by atoms with Gasteiger partial charge in [0.15, 0.2) is 0 Å². The van der Waals surface area contributed by atoms with E-state index < -0.39 is 0 Å². The summed E-state index contributed by atoms with van der Waals surface area (Å²) in [6, 6.07) is 7.87. The molecule has 1 atom stereocenters. The zero-order valence-corrected chi connectivity index (χ0v) is 12.5. The average molecular weight is 262 g/mol. The van der Waals surface area contributed by atoms with Crippen LogP contribution in [0.3, 0.4) is 0 Å². The van der Waals surface area contributed by atoms with Gasteiger partial charge in [0.1, 0.15) is 0 Å². The molecule has 2 N–H and O–H groups in total. The Balaban J connectivity index is 2.53. The summed E-state index contributed by atoms with van der Waals surface area (Å²) < 4.78 is 0. The maximum absolute atomic E-state index is 12.0. The molecule has 0 aromatic heterocycles. The molecule has 0 aliphatic heterocycles. The van der Waals surface area contributed by atoms with E-state index in [1.807, 2.05) is 24.3 Å². The number of carbonyl (C=O) groups excluding carboxylic acids is 1. The summed E-state index contributed by atoms with van der Waals surface area (Å²) in [6.07, 6.45) is 2.09. The van der Waals surface area contributed by atoms with Crippen LogP contribution >= 0.6 is 0 Å². The molecule has 1 aromatic carbocycles. The largest absolute Gasteiger partial charge is 0.385 e. The van der Waals surface area contributed by atoms with E-state index in [2.05, 4.69) is 38.3 Å². The Morgan fingerprint density at radius 3 is 2.32 bits per heavy atom. The highest BCUT2D eigenvalue weighted by atomic mass is 16.1. The summed E-state index contributed by atoms with van der Waals surface area (Å²) in [7, 11) is 0. The molecule has 19 heavy (non-hydrogen) atoms. The van der Waals surface area contributed by atoms with Crippen LogP contribution in [-0.2, 0) is 0 Å². The van der Waals surface area contributed by atoms with Crippen molar-refractivity contribution in [3.05, 3.63) is 29.8 Å². The summed E-state index contributed by atoms with van der Waals surface area (Å²) in [5.74, 6) is 0.603. The highest BCUT2D eigenvalue weighted by molar-refractivity contribution is 5.94. The van der Waals surface area contributed by atoms with Crippen molar-refractivity contribution in [2.24, 2.45) is 5.92 Å². The van der Waals surface area contributed by atoms with Crippen LogP contribution in [0, 0.1) is 5.92 Å². The number of amides is 1. The Bertz CT molecular complexity index is 384. The minimum Gasteiger partial charge on any atom is -0.385 e. The Hall–Kier alpha value is -1.51. The molecule has 0 saturated heterocycles. The van der Waals surface area contributed by atoms with Gasteiger partial charge in [-0.05, 0) is 49.9 Å². The fraction of sp³-hybridized carbons (Fsp3) is 0.562. The summed E-state index contributed by atoms with van der Waals surface area (Å²) in [4.78, 5) is 12.0. The first-order valence-electron chi connectivity index (χ1n) is 7.17. The van der Waals surface area contributed by atoms with Crippen molar-refractivity contribution >= 4 is 11.6 Å². The normalized spacial score (nSPS) is 12.3. The van der Waals surface area contributed by atoms with Gasteiger partial charge in [0.05, 0.1) is 0 Å². The molecule has 3 nitrogen and oxygen atoms in total. The average Bonchev–Trinajstić information content (AvgIpc) is 2.35. The maximum atomic E-state index is 12.0. The predicted octanol–water partition coefficient (Wildman–Crippen LogP) is 3.67. The van der Waals surface area contributed by atoms with Gasteiger partial charge >= 0.3 is 0 Å². The number of hydrogen-bond acceptors (Lipinski definition) is 2. The Morgan fingerprint density at radius 2 is 1.79 bits per heavy atom. The van der Waals surface area contributed by atoms with Gasteiger partial charge in [-0.15, -0.1) is 0 Å². The van der Waals surface area contributed by atoms with Crippen LogP contribution in [0.4, 0.5) is 5.69 Å². The van der Waals surface area contributed by atoms with Crippen LogP contribution in [0.5, 0.6) is 0 Å². The van der Waals surface area contributed by atoms with Crippen molar-refractivity contribution < 1.29 is 4.79 Å². The van der Waals surface area contributed by atoms with Crippen molar-refractivity contribution in [3.8, 4) is 0 Å². The van der Waals surface area contributed by atoms with Gasteiger partial charge < -0.3 is 10.6 Å². The van der Waals surface area contributed by atoms with Crippen LogP contribution in [0.2, 0.25) is 0 Å². The lowest BCUT2D eigenvalue weighted by Crippen LogP contribution is -2.33. The van der Waals surface area contributed by atoms with Gasteiger partial charge in [-0.1, -0.05) is 20.8 Å². The van der Waals surface area contributed by atoms with Gasteiger partial charge in [-0.25, -0.2) is 0 Å². The molecular weight excluding hydrogens is 236 g/mol. The molecule has 1 aromatic rings. The summed E-state index contributed by atoms with van der Waals surface area (Å²) >= 11 is 0. The van der Waals surface area contributed by atoms with E-state index in [4.69, 9.17) is 0 Å². The molecule has 0 radical (unpaired) electrons. The number of anilines is 1. The summed E-state index contributed by atoms with van der Waals surface area (Å²) in [5, 5.41) is 6.33. The summed E-state index contributed by atoms with van der Waals surface area (Å²) in [6.45, 7) is 9.46.